The minimum Gasteiger partial charge on any atom is -0.352 e. The van der Waals surface area contributed by atoms with Crippen molar-refractivity contribution in [3.05, 3.63) is 76.8 Å². The molecular formula is C27H28ClN5O2. The number of aryl methyl sites for hydroxylation is 1. The number of aromatic nitrogens is 2. The number of amides is 2. The van der Waals surface area contributed by atoms with Crippen LogP contribution in [0.5, 0.6) is 0 Å². The zero-order chi connectivity index (χ0) is 24.4. The molecule has 35 heavy (non-hydrogen) atoms. The number of rotatable bonds is 6. The van der Waals surface area contributed by atoms with Gasteiger partial charge < -0.3 is 14.7 Å². The molecule has 1 aromatic heterocycles. The third-order valence-electron chi connectivity index (χ3n) is 6.60. The highest BCUT2D eigenvalue weighted by Crippen LogP contribution is 2.29. The van der Waals surface area contributed by atoms with Gasteiger partial charge in [-0.2, -0.15) is 0 Å². The van der Waals surface area contributed by atoms with Crippen LogP contribution in [0.15, 0.2) is 60.7 Å². The molecule has 0 atom stereocenters. The van der Waals surface area contributed by atoms with Crippen molar-refractivity contribution in [3.8, 4) is 11.3 Å². The fraction of sp³-hybridized carbons (Fsp3) is 0.333. The number of benzene rings is 2. The average molecular weight is 490 g/mol. The van der Waals surface area contributed by atoms with Crippen LogP contribution in [0.25, 0.3) is 11.3 Å². The molecule has 0 radical (unpaired) electrons. The lowest BCUT2D eigenvalue weighted by atomic mass is 10.1. The predicted octanol–water partition coefficient (Wildman–Crippen LogP) is 4.06. The van der Waals surface area contributed by atoms with Gasteiger partial charge in [0.05, 0.1) is 5.69 Å². The molecule has 1 saturated carbocycles. The first-order chi connectivity index (χ1) is 17.0. The van der Waals surface area contributed by atoms with Crippen molar-refractivity contribution in [2.24, 2.45) is 0 Å². The Morgan fingerprint density at radius 3 is 2.20 bits per heavy atom. The van der Waals surface area contributed by atoms with E-state index in [1.807, 2.05) is 29.2 Å². The second-order valence-corrected chi connectivity index (χ2v) is 9.62. The van der Waals surface area contributed by atoms with Crippen LogP contribution in [0.1, 0.15) is 28.8 Å². The van der Waals surface area contributed by atoms with Crippen LogP contribution in [0.3, 0.4) is 0 Å². The molecule has 3 aromatic rings. The summed E-state index contributed by atoms with van der Waals surface area (Å²) in [6.45, 7) is 4.71. The first-order valence-corrected chi connectivity index (χ1v) is 12.4. The Morgan fingerprint density at radius 1 is 0.914 bits per heavy atom. The van der Waals surface area contributed by atoms with Crippen LogP contribution in [-0.2, 0) is 4.79 Å². The van der Waals surface area contributed by atoms with E-state index in [0.29, 0.717) is 36.8 Å². The molecule has 1 aliphatic heterocycles. The van der Waals surface area contributed by atoms with Gasteiger partial charge >= 0.3 is 0 Å². The fourth-order valence-electron chi connectivity index (χ4n) is 4.31. The summed E-state index contributed by atoms with van der Waals surface area (Å²) in [6, 6.07) is 19.2. The minimum absolute atomic E-state index is 0.0142. The van der Waals surface area contributed by atoms with Gasteiger partial charge in [0.15, 0.2) is 5.82 Å². The molecule has 2 amide bonds. The Morgan fingerprint density at radius 2 is 1.60 bits per heavy atom. The fourth-order valence-corrected chi connectivity index (χ4v) is 4.44. The first kappa shape index (κ1) is 23.3. The number of piperazine rings is 1. The number of hydrogen-bond donors (Lipinski definition) is 0. The van der Waals surface area contributed by atoms with Crippen LogP contribution >= 0.6 is 11.6 Å². The van der Waals surface area contributed by atoms with E-state index in [1.165, 1.54) is 5.56 Å². The molecule has 5 rings (SSSR count). The molecule has 0 unspecified atom stereocenters. The van der Waals surface area contributed by atoms with Gasteiger partial charge in [0.2, 0.25) is 5.91 Å². The standard InChI is InChI=1S/C27H28ClN5O2/c1-19-2-4-20(5-3-19)24-12-13-25(30-29-24)31-14-16-32(17-15-31)26(34)18-33(23-10-11-23)27(35)21-6-8-22(28)9-7-21/h2-9,12-13,23H,10-11,14-18H2,1H3. The minimum atomic E-state index is -0.111. The third kappa shape index (κ3) is 5.46. The van der Waals surface area contributed by atoms with E-state index in [0.717, 1.165) is 29.9 Å². The topological polar surface area (TPSA) is 69.6 Å². The van der Waals surface area contributed by atoms with Gasteiger partial charge in [-0.3, -0.25) is 9.59 Å². The molecule has 2 aromatic carbocycles. The molecule has 0 bridgehead atoms. The normalized spacial score (nSPS) is 15.7. The van der Waals surface area contributed by atoms with Crippen molar-refractivity contribution in [1.29, 1.82) is 0 Å². The van der Waals surface area contributed by atoms with E-state index in [4.69, 9.17) is 11.6 Å². The number of nitrogens with zero attached hydrogens (tertiary/aromatic N) is 5. The summed E-state index contributed by atoms with van der Waals surface area (Å²) < 4.78 is 0. The quantitative estimate of drug-likeness (QED) is 0.522. The molecule has 7 nitrogen and oxygen atoms in total. The predicted molar refractivity (Wildman–Crippen MR) is 137 cm³/mol. The highest BCUT2D eigenvalue weighted by atomic mass is 35.5. The van der Waals surface area contributed by atoms with E-state index in [1.54, 1.807) is 29.2 Å². The van der Waals surface area contributed by atoms with Crippen molar-refractivity contribution in [1.82, 2.24) is 20.0 Å². The van der Waals surface area contributed by atoms with Crippen LogP contribution in [0.4, 0.5) is 5.82 Å². The number of carbonyl (C=O) groups is 2. The van der Waals surface area contributed by atoms with Gasteiger partial charge in [-0.15, -0.1) is 10.2 Å². The highest BCUT2D eigenvalue weighted by Gasteiger charge is 2.35. The molecule has 2 heterocycles. The van der Waals surface area contributed by atoms with E-state index < -0.39 is 0 Å². The van der Waals surface area contributed by atoms with Crippen LogP contribution < -0.4 is 4.90 Å². The summed E-state index contributed by atoms with van der Waals surface area (Å²) >= 11 is 5.96. The van der Waals surface area contributed by atoms with Crippen LogP contribution in [0, 0.1) is 6.92 Å². The van der Waals surface area contributed by atoms with E-state index >= 15 is 0 Å². The van der Waals surface area contributed by atoms with Gasteiger partial charge in [-0.1, -0.05) is 41.4 Å². The van der Waals surface area contributed by atoms with Crippen molar-refractivity contribution in [2.45, 2.75) is 25.8 Å². The highest BCUT2D eigenvalue weighted by molar-refractivity contribution is 6.30. The maximum Gasteiger partial charge on any atom is 0.254 e. The van der Waals surface area contributed by atoms with Crippen molar-refractivity contribution in [3.63, 3.8) is 0 Å². The molecule has 8 heteroatoms. The second kappa shape index (κ2) is 10.0. The van der Waals surface area contributed by atoms with Crippen molar-refractivity contribution in [2.75, 3.05) is 37.6 Å². The summed E-state index contributed by atoms with van der Waals surface area (Å²) in [4.78, 5) is 31.8. The Kier molecular flexibility index (Phi) is 6.68. The molecule has 180 valence electrons. The van der Waals surface area contributed by atoms with E-state index in [2.05, 4.69) is 34.2 Å². The molecule has 2 aliphatic rings. The number of hydrogen-bond acceptors (Lipinski definition) is 5. The lowest BCUT2D eigenvalue weighted by molar-refractivity contribution is -0.132. The SMILES string of the molecule is Cc1ccc(-c2ccc(N3CCN(C(=O)CN(C(=O)c4ccc(Cl)cc4)C4CC4)CC3)nn2)cc1. The summed E-state index contributed by atoms with van der Waals surface area (Å²) in [5.74, 6) is 0.685. The van der Waals surface area contributed by atoms with Gasteiger partial charge in [-0.25, -0.2) is 0 Å². The molecular weight excluding hydrogens is 462 g/mol. The van der Waals surface area contributed by atoms with E-state index in [9.17, 15) is 9.59 Å². The summed E-state index contributed by atoms with van der Waals surface area (Å²) in [5, 5.41) is 9.41. The Bertz CT molecular complexity index is 1190. The lowest BCUT2D eigenvalue weighted by Gasteiger charge is -2.36. The second-order valence-electron chi connectivity index (χ2n) is 9.18. The first-order valence-electron chi connectivity index (χ1n) is 12.0. The summed E-state index contributed by atoms with van der Waals surface area (Å²) in [5.41, 5.74) is 3.65. The molecule has 2 fully saturated rings. The van der Waals surface area contributed by atoms with Gasteiger partial charge in [0, 0.05) is 48.4 Å². The maximum atomic E-state index is 13.1. The number of halogens is 1. The largest absolute Gasteiger partial charge is 0.352 e. The Labute approximate surface area is 210 Å². The molecule has 1 aliphatic carbocycles. The smallest absolute Gasteiger partial charge is 0.254 e. The zero-order valence-corrected chi connectivity index (χ0v) is 20.5. The summed E-state index contributed by atoms with van der Waals surface area (Å²) in [6.07, 6.45) is 1.88. The Balaban J connectivity index is 1.17. The van der Waals surface area contributed by atoms with Crippen LogP contribution in [0.2, 0.25) is 5.02 Å². The zero-order valence-electron chi connectivity index (χ0n) is 19.7. The number of carbonyl (C=O) groups excluding carboxylic acids is 2. The monoisotopic (exact) mass is 489 g/mol. The lowest BCUT2D eigenvalue weighted by Crippen LogP contribution is -2.52. The Hall–Kier alpha value is -3.45. The molecule has 1 saturated heterocycles. The maximum absolute atomic E-state index is 13.1. The average Bonchev–Trinajstić information content (AvgIpc) is 3.73. The van der Waals surface area contributed by atoms with Crippen LogP contribution in [-0.4, -0.2) is 70.6 Å². The van der Waals surface area contributed by atoms with Gasteiger partial charge in [0.25, 0.3) is 5.91 Å². The van der Waals surface area contributed by atoms with Crippen molar-refractivity contribution < 1.29 is 9.59 Å². The summed E-state index contributed by atoms with van der Waals surface area (Å²) in [7, 11) is 0. The van der Waals surface area contributed by atoms with Crippen molar-refractivity contribution >= 4 is 29.2 Å². The third-order valence-corrected chi connectivity index (χ3v) is 6.85. The number of anilines is 1. The molecule has 0 spiro atoms. The van der Waals surface area contributed by atoms with Gasteiger partial charge in [-0.05, 0) is 56.2 Å². The van der Waals surface area contributed by atoms with E-state index in [-0.39, 0.29) is 24.4 Å². The van der Waals surface area contributed by atoms with Gasteiger partial charge in [0.1, 0.15) is 6.54 Å². The molecule has 0 N–H and O–H groups in total.